The van der Waals surface area contributed by atoms with E-state index in [1.165, 1.54) is 4.90 Å². The lowest BCUT2D eigenvalue weighted by atomic mass is 10.1. The van der Waals surface area contributed by atoms with Crippen LogP contribution in [0.4, 0.5) is 13.2 Å². The summed E-state index contributed by atoms with van der Waals surface area (Å²) in [7, 11) is 0. The van der Waals surface area contributed by atoms with E-state index in [0.29, 0.717) is 23.5 Å². The Morgan fingerprint density at radius 3 is 2.82 bits per heavy atom. The minimum absolute atomic E-state index is 0.0261. The molecule has 0 aromatic carbocycles. The third kappa shape index (κ3) is 2.67. The fourth-order valence-electron chi connectivity index (χ4n) is 2.24. The van der Waals surface area contributed by atoms with Crippen LogP contribution in [0.15, 0.2) is 4.52 Å². The second-order valence-electron chi connectivity index (χ2n) is 4.88. The van der Waals surface area contributed by atoms with Gasteiger partial charge in [0.2, 0.25) is 0 Å². The summed E-state index contributed by atoms with van der Waals surface area (Å²) in [6.07, 6.45) is -4.18. The molecule has 1 aliphatic heterocycles. The summed E-state index contributed by atoms with van der Waals surface area (Å²) >= 11 is 0.998. The van der Waals surface area contributed by atoms with Crippen LogP contribution in [0.3, 0.4) is 0 Å². The second kappa shape index (κ2) is 5.30. The molecule has 0 unspecified atom stereocenters. The molecule has 7 nitrogen and oxygen atoms in total. The first kappa shape index (κ1) is 14.9. The Morgan fingerprint density at radius 1 is 1.45 bits per heavy atom. The molecule has 0 bridgehead atoms. The molecule has 1 atom stereocenters. The molecule has 1 amide bonds. The van der Waals surface area contributed by atoms with Crippen molar-refractivity contribution in [1.29, 1.82) is 0 Å². The molecule has 3 rings (SSSR count). The van der Waals surface area contributed by atoms with Gasteiger partial charge < -0.3 is 9.42 Å². The van der Waals surface area contributed by atoms with Crippen molar-refractivity contribution < 1.29 is 22.5 Å². The zero-order chi connectivity index (χ0) is 15.9. The topological polar surface area (TPSA) is 85.0 Å². The van der Waals surface area contributed by atoms with Crippen molar-refractivity contribution in [3.63, 3.8) is 0 Å². The predicted molar refractivity (Wildman–Crippen MR) is 67.2 cm³/mol. The monoisotopic (exact) mass is 333 g/mol. The average Bonchev–Trinajstić information content (AvgIpc) is 3.16. The maximum atomic E-state index is 12.5. The molecule has 0 N–H and O–H groups in total. The van der Waals surface area contributed by atoms with Crippen molar-refractivity contribution >= 4 is 17.4 Å². The van der Waals surface area contributed by atoms with E-state index in [1.54, 1.807) is 6.92 Å². The molecule has 2 aromatic rings. The highest BCUT2D eigenvalue weighted by Gasteiger charge is 2.40. The van der Waals surface area contributed by atoms with Gasteiger partial charge in [-0.25, -0.2) is 0 Å². The summed E-state index contributed by atoms with van der Waals surface area (Å²) < 4.78 is 45.3. The van der Waals surface area contributed by atoms with Crippen LogP contribution in [0.25, 0.3) is 0 Å². The first-order valence-corrected chi connectivity index (χ1v) is 7.12. The van der Waals surface area contributed by atoms with E-state index in [-0.39, 0.29) is 24.2 Å². The Labute approximate surface area is 126 Å². The van der Waals surface area contributed by atoms with E-state index in [9.17, 15) is 18.0 Å². The molecule has 2 aromatic heterocycles. The first-order valence-electron chi connectivity index (χ1n) is 6.35. The minimum Gasteiger partial charge on any atom is -0.337 e. The maximum absolute atomic E-state index is 12.5. The standard InChI is InChI=1S/C11H10F3N5O2S/c1-5-7(22-18-16-5)9(20)19-3-2-6(4-19)8-15-10(21-17-8)11(12,13)14/h6H,2-4H2,1H3/t6-/m1/s1. The molecule has 22 heavy (non-hydrogen) atoms. The SMILES string of the molecule is Cc1nnsc1C(=O)N1CC[C@@H](c2noc(C(F)(F)F)n2)C1. The number of amides is 1. The number of aromatic nitrogens is 4. The van der Waals surface area contributed by atoms with Crippen molar-refractivity contribution in [2.75, 3.05) is 13.1 Å². The smallest absolute Gasteiger partial charge is 0.337 e. The highest BCUT2D eigenvalue weighted by atomic mass is 32.1. The number of hydrogen-bond acceptors (Lipinski definition) is 7. The van der Waals surface area contributed by atoms with Gasteiger partial charge in [0.1, 0.15) is 4.88 Å². The van der Waals surface area contributed by atoms with Crippen molar-refractivity contribution in [1.82, 2.24) is 24.6 Å². The van der Waals surface area contributed by atoms with Gasteiger partial charge in [-0.1, -0.05) is 9.64 Å². The van der Waals surface area contributed by atoms with Gasteiger partial charge in [0.05, 0.1) is 5.69 Å². The van der Waals surface area contributed by atoms with Gasteiger partial charge in [-0.05, 0) is 24.9 Å². The number of likely N-dealkylation sites (tertiary alicyclic amines) is 1. The van der Waals surface area contributed by atoms with Crippen molar-refractivity contribution in [2.24, 2.45) is 0 Å². The van der Waals surface area contributed by atoms with Crippen LogP contribution in [0, 0.1) is 6.92 Å². The van der Waals surface area contributed by atoms with Crippen molar-refractivity contribution in [2.45, 2.75) is 25.4 Å². The Morgan fingerprint density at radius 2 is 2.23 bits per heavy atom. The summed E-state index contributed by atoms with van der Waals surface area (Å²) in [5, 5.41) is 7.15. The van der Waals surface area contributed by atoms with Gasteiger partial charge in [-0.15, -0.1) is 5.10 Å². The van der Waals surface area contributed by atoms with Crippen LogP contribution < -0.4 is 0 Å². The van der Waals surface area contributed by atoms with Gasteiger partial charge in [0, 0.05) is 19.0 Å². The van der Waals surface area contributed by atoms with Gasteiger partial charge in [-0.2, -0.15) is 18.2 Å². The van der Waals surface area contributed by atoms with E-state index >= 15 is 0 Å². The van der Waals surface area contributed by atoms with Gasteiger partial charge >= 0.3 is 12.1 Å². The number of halogens is 3. The Kier molecular flexibility index (Phi) is 3.59. The van der Waals surface area contributed by atoms with Gasteiger partial charge in [0.25, 0.3) is 5.91 Å². The van der Waals surface area contributed by atoms with Crippen molar-refractivity contribution in [3.05, 3.63) is 22.3 Å². The fourth-order valence-corrected chi connectivity index (χ4v) is 2.87. The average molecular weight is 333 g/mol. The fraction of sp³-hybridized carbons (Fsp3) is 0.545. The lowest BCUT2D eigenvalue weighted by molar-refractivity contribution is -0.159. The summed E-state index contributed by atoms with van der Waals surface area (Å²) in [5.74, 6) is -1.99. The third-order valence-electron chi connectivity index (χ3n) is 3.37. The van der Waals surface area contributed by atoms with Gasteiger partial charge in [0.15, 0.2) is 5.82 Å². The van der Waals surface area contributed by atoms with E-state index < -0.39 is 12.1 Å². The molecule has 1 saturated heterocycles. The zero-order valence-electron chi connectivity index (χ0n) is 11.3. The quantitative estimate of drug-likeness (QED) is 0.834. The van der Waals surface area contributed by atoms with E-state index in [4.69, 9.17) is 0 Å². The first-order chi connectivity index (χ1) is 10.4. The maximum Gasteiger partial charge on any atom is 0.471 e. The highest BCUT2D eigenvalue weighted by Crippen LogP contribution is 2.31. The number of hydrogen-bond donors (Lipinski definition) is 0. The van der Waals surface area contributed by atoms with E-state index in [0.717, 1.165) is 11.5 Å². The summed E-state index contributed by atoms with van der Waals surface area (Å²) in [6.45, 7) is 2.34. The number of carbonyl (C=O) groups excluding carboxylic acids is 1. The molecule has 1 aliphatic rings. The van der Waals surface area contributed by atoms with Crippen LogP contribution in [-0.2, 0) is 6.18 Å². The molecule has 0 radical (unpaired) electrons. The largest absolute Gasteiger partial charge is 0.471 e. The lowest BCUT2D eigenvalue weighted by Crippen LogP contribution is -2.28. The van der Waals surface area contributed by atoms with Crippen LogP contribution >= 0.6 is 11.5 Å². The molecule has 0 saturated carbocycles. The Bertz CT molecular complexity index is 698. The molecule has 118 valence electrons. The molecule has 0 aliphatic carbocycles. The number of rotatable bonds is 2. The summed E-state index contributed by atoms with van der Waals surface area (Å²) in [6, 6.07) is 0. The lowest BCUT2D eigenvalue weighted by Gasteiger charge is -2.14. The molecule has 1 fully saturated rings. The molecular weight excluding hydrogens is 323 g/mol. The molecular formula is C11H10F3N5O2S. The van der Waals surface area contributed by atoms with Crippen LogP contribution in [0.1, 0.15) is 39.4 Å². The zero-order valence-corrected chi connectivity index (χ0v) is 12.1. The van der Waals surface area contributed by atoms with Gasteiger partial charge in [-0.3, -0.25) is 4.79 Å². The van der Waals surface area contributed by atoms with Crippen molar-refractivity contribution in [3.8, 4) is 0 Å². The normalized spacial score (nSPS) is 18.9. The minimum atomic E-state index is -4.66. The molecule has 3 heterocycles. The van der Waals surface area contributed by atoms with E-state index in [2.05, 4.69) is 24.3 Å². The predicted octanol–water partition coefficient (Wildman–Crippen LogP) is 1.88. The number of nitrogens with zero attached hydrogens (tertiary/aromatic N) is 5. The Hall–Kier alpha value is -2.04. The van der Waals surface area contributed by atoms with Crippen LogP contribution in [0.2, 0.25) is 0 Å². The number of carbonyl (C=O) groups is 1. The summed E-state index contributed by atoms with van der Waals surface area (Å²) in [5.41, 5.74) is 0.539. The summed E-state index contributed by atoms with van der Waals surface area (Å²) in [4.78, 5) is 17.6. The van der Waals surface area contributed by atoms with Crippen LogP contribution in [0.5, 0.6) is 0 Å². The van der Waals surface area contributed by atoms with E-state index in [1.807, 2.05) is 0 Å². The highest BCUT2D eigenvalue weighted by molar-refractivity contribution is 7.07. The molecule has 11 heteroatoms. The number of alkyl halides is 3. The second-order valence-corrected chi connectivity index (χ2v) is 5.63. The third-order valence-corrected chi connectivity index (χ3v) is 4.19. The number of aryl methyl sites for hydroxylation is 1. The van der Waals surface area contributed by atoms with Crippen LogP contribution in [-0.4, -0.2) is 43.6 Å². The molecule has 0 spiro atoms. The Balaban J connectivity index is 1.71.